The fourth-order valence-corrected chi connectivity index (χ4v) is 3.73. The number of primary sulfonamides is 1. The molecule has 0 radical (unpaired) electrons. The molecule has 0 spiro atoms. The molecule has 0 saturated heterocycles. The second-order valence-electron chi connectivity index (χ2n) is 5.44. The van der Waals surface area contributed by atoms with Crippen molar-refractivity contribution in [1.82, 2.24) is 4.98 Å². The molecule has 1 aromatic heterocycles. The Labute approximate surface area is 153 Å². The number of hydrogen-bond acceptors (Lipinski definition) is 5. The van der Waals surface area contributed by atoms with E-state index in [0.717, 1.165) is 0 Å². The Hall–Kier alpha value is -2.62. The quantitative estimate of drug-likeness (QED) is 0.713. The van der Waals surface area contributed by atoms with E-state index in [1.807, 2.05) is 0 Å². The van der Waals surface area contributed by atoms with Crippen LogP contribution in [0.3, 0.4) is 0 Å². The van der Waals surface area contributed by atoms with E-state index >= 15 is 0 Å². The number of hydrogen-bond donors (Lipinski definition) is 2. The van der Waals surface area contributed by atoms with Gasteiger partial charge in [-0.1, -0.05) is 12.1 Å². The van der Waals surface area contributed by atoms with E-state index in [0.29, 0.717) is 21.1 Å². The van der Waals surface area contributed by atoms with E-state index in [1.165, 1.54) is 47.7 Å². The summed E-state index contributed by atoms with van der Waals surface area (Å²) < 4.78 is 35.7. The number of carbonyl (C=O) groups excluding carboxylic acids is 1. The van der Waals surface area contributed by atoms with E-state index in [9.17, 15) is 17.6 Å². The first-order valence-electron chi connectivity index (χ1n) is 7.41. The normalized spacial score (nSPS) is 11.3. The first-order chi connectivity index (χ1) is 12.2. The van der Waals surface area contributed by atoms with Crippen LogP contribution >= 0.6 is 11.3 Å². The molecular formula is C17H14FN3O3S2. The zero-order valence-corrected chi connectivity index (χ0v) is 15.2. The molecule has 3 rings (SSSR count). The second-order valence-corrected chi connectivity index (χ2v) is 8.21. The number of nitrogens with one attached hydrogen (secondary N) is 1. The molecule has 0 aliphatic heterocycles. The van der Waals surface area contributed by atoms with Gasteiger partial charge in [0.15, 0.2) is 0 Å². The fraction of sp³-hybridized carbons (Fsp3) is 0.0588. The molecule has 2 aromatic carbocycles. The van der Waals surface area contributed by atoms with Crippen LogP contribution in [0.2, 0.25) is 0 Å². The van der Waals surface area contributed by atoms with Crippen molar-refractivity contribution >= 4 is 33.0 Å². The Kier molecular flexibility index (Phi) is 4.86. The van der Waals surface area contributed by atoms with Crippen LogP contribution in [0.15, 0.2) is 53.4 Å². The minimum Gasteiger partial charge on any atom is -0.321 e. The van der Waals surface area contributed by atoms with Gasteiger partial charge < -0.3 is 5.32 Å². The molecule has 0 unspecified atom stereocenters. The first kappa shape index (κ1) is 18.2. The van der Waals surface area contributed by atoms with Crippen molar-refractivity contribution in [1.29, 1.82) is 0 Å². The highest BCUT2D eigenvalue weighted by Gasteiger charge is 2.19. The summed E-state index contributed by atoms with van der Waals surface area (Å²) in [5, 5.41) is 8.41. The maximum atomic E-state index is 13.1. The highest BCUT2D eigenvalue weighted by Crippen LogP contribution is 2.31. The van der Waals surface area contributed by atoms with Gasteiger partial charge in [0.25, 0.3) is 5.91 Å². The Morgan fingerprint density at radius 1 is 1.12 bits per heavy atom. The van der Waals surface area contributed by atoms with E-state index in [1.54, 1.807) is 19.1 Å². The lowest BCUT2D eigenvalue weighted by Gasteiger charge is -2.06. The highest BCUT2D eigenvalue weighted by atomic mass is 32.2. The van der Waals surface area contributed by atoms with E-state index in [2.05, 4.69) is 10.3 Å². The number of thiazole rings is 1. The van der Waals surface area contributed by atoms with Gasteiger partial charge in [-0.25, -0.2) is 22.9 Å². The summed E-state index contributed by atoms with van der Waals surface area (Å²) >= 11 is 1.33. The van der Waals surface area contributed by atoms with Crippen LogP contribution in [0, 0.1) is 12.7 Å². The lowest BCUT2D eigenvalue weighted by atomic mass is 10.1. The van der Waals surface area contributed by atoms with Crippen molar-refractivity contribution in [3.8, 4) is 10.4 Å². The van der Waals surface area contributed by atoms with Crippen molar-refractivity contribution in [3.63, 3.8) is 0 Å². The number of amides is 1. The Bertz CT molecular complexity index is 1060. The van der Waals surface area contributed by atoms with Crippen molar-refractivity contribution in [3.05, 3.63) is 65.0 Å². The molecule has 6 nitrogen and oxygen atoms in total. The number of aryl methyl sites for hydroxylation is 1. The lowest BCUT2D eigenvalue weighted by Crippen LogP contribution is -2.14. The minimum atomic E-state index is -3.80. The summed E-state index contributed by atoms with van der Waals surface area (Å²) in [5.41, 5.74) is 1.31. The van der Waals surface area contributed by atoms with Crippen molar-refractivity contribution in [2.45, 2.75) is 11.8 Å². The summed E-state index contributed by atoms with van der Waals surface area (Å²) in [5.74, 6) is -0.812. The Morgan fingerprint density at radius 3 is 2.31 bits per heavy atom. The molecule has 0 fully saturated rings. The van der Waals surface area contributed by atoms with Gasteiger partial charge >= 0.3 is 0 Å². The van der Waals surface area contributed by atoms with Crippen LogP contribution in [0.4, 0.5) is 10.1 Å². The van der Waals surface area contributed by atoms with Crippen molar-refractivity contribution in [2.75, 3.05) is 5.32 Å². The molecule has 3 aromatic rings. The van der Waals surface area contributed by atoms with Crippen LogP contribution < -0.4 is 10.5 Å². The maximum absolute atomic E-state index is 13.1. The molecule has 9 heteroatoms. The van der Waals surface area contributed by atoms with Crippen LogP contribution in [0.1, 0.15) is 15.5 Å². The average molecular weight is 391 g/mol. The lowest BCUT2D eigenvalue weighted by molar-refractivity contribution is 0.102. The number of rotatable bonds is 4. The Balaban J connectivity index is 1.88. The van der Waals surface area contributed by atoms with E-state index in [-0.39, 0.29) is 16.4 Å². The number of nitrogens with zero attached hydrogens (tertiary/aromatic N) is 1. The summed E-state index contributed by atoms with van der Waals surface area (Å²) in [6.45, 7) is 1.77. The number of sulfonamides is 1. The maximum Gasteiger partial charge on any atom is 0.275 e. The van der Waals surface area contributed by atoms with Gasteiger partial charge in [-0.2, -0.15) is 0 Å². The minimum absolute atomic E-state index is 0.0491. The van der Waals surface area contributed by atoms with Crippen LogP contribution in [-0.2, 0) is 10.0 Å². The molecule has 1 amide bonds. The number of anilines is 1. The first-order valence-corrected chi connectivity index (χ1v) is 9.78. The third kappa shape index (κ3) is 3.96. The van der Waals surface area contributed by atoms with Crippen molar-refractivity contribution in [2.24, 2.45) is 5.14 Å². The van der Waals surface area contributed by atoms with Crippen LogP contribution in [-0.4, -0.2) is 19.3 Å². The van der Waals surface area contributed by atoms with Crippen LogP contribution in [0.25, 0.3) is 10.4 Å². The molecule has 0 saturated carbocycles. The summed E-state index contributed by atoms with van der Waals surface area (Å²) in [6.07, 6.45) is 0. The highest BCUT2D eigenvalue weighted by molar-refractivity contribution is 7.89. The number of nitrogens with two attached hydrogens (primary N) is 1. The van der Waals surface area contributed by atoms with Gasteiger partial charge in [0.05, 0.1) is 14.8 Å². The monoisotopic (exact) mass is 391 g/mol. The number of benzene rings is 2. The third-order valence-electron chi connectivity index (χ3n) is 3.50. The fourth-order valence-electron chi connectivity index (χ4n) is 2.30. The van der Waals surface area contributed by atoms with Gasteiger partial charge in [0.1, 0.15) is 11.5 Å². The van der Waals surface area contributed by atoms with Gasteiger partial charge in [-0.3, -0.25) is 4.79 Å². The molecule has 0 bridgehead atoms. The zero-order valence-electron chi connectivity index (χ0n) is 13.6. The van der Waals surface area contributed by atoms with Gasteiger partial charge in [0.2, 0.25) is 10.0 Å². The largest absolute Gasteiger partial charge is 0.321 e. The summed E-state index contributed by atoms with van der Waals surface area (Å²) in [4.78, 5) is 17.4. The van der Waals surface area contributed by atoms with Gasteiger partial charge in [-0.15, -0.1) is 11.3 Å². The third-order valence-corrected chi connectivity index (χ3v) is 5.45. The average Bonchev–Trinajstić information content (AvgIpc) is 2.97. The summed E-state index contributed by atoms with van der Waals surface area (Å²) in [7, 11) is -3.80. The molecule has 26 heavy (non-hydrogen) atoms. The molecule has 0 aliphatic rings. The van der Waals surface area contributed by atoms with Crippen molar-refractivity contribution < 1.29 is 17.6 Å². The second kappa shape index (κ2) is 6.94. The van der Waals surface area contributed by atoms with Crippen LogP contribution in [0.5, 0.6) is 0 Å². The van der Waals surface area contributed by atoms with Gasteiger partial charge in [0, 0.05) is 5.69 Å². The molecular weight excluding hydrogens is 377 g/mol. The molecule has 0 atom stereocenters. The molecule has 134 valence electrons. The molecule has 0 aliphatic carbocycles. The van der Waals surface area contributed by atoms with E-state index < -0.39 is 15.9 Å². The summed E-state index contributed by atoms with van der Waals surface area (Å²) in [6, 6.07) is 11.3. The smallest absolute Gasteiger partial charge is 0.275 e. The topological polar surface area (TPSA) is 102 Å². The zero-order chi connectivity index (χ0) is 18.9. The SMILES string of the molecule is Cc1nc(C(=O)Nc2ccc(S(N)(=O)=O)cc2)c(-c2ccc(F)cc2)s1. The predicted octanol–water partition coefficient (Wildman–Crippen LogP) is 3.16. The number of halogens is 1. The van der Waals surface area contributed by atoms with E-state index in [4.69, 9.17) is 5.14 Å². The Morgan fingerprint density at radius 2 is 1.73 bits per heavy atom. The standard InChI is InChI=1S/C17H14FN3O3S2/c1-10-20-15(16(25-10)11-2-4-12(18)5-3-11)17(22)21-13-6-8-14(9-7-13)26(19,23)24/h2-9H,1H3,(H,21,22)(H2,19,23,24). The molecule has 3 N–H and O–H groups in total. The number of carbonyl (C=O) groups is 1. The molecule has 1 heterocycles. The van der Waals surface area contributed by atoms with Gasteiger partial charge in [-0.05, 0) is 48.9 Å². The number of aromatic nitrogens is 1. The predicted molar refractivity (Wildman–Crippen MR) is 98.0 cm³/mol.